The lowest BCUT2D eigenvalue weighted by Crippen LogP contribution is -2.50. The summed E-state index contributed by atoms with van der Waals surface area (Å²) in [6, 6.07) is 15.2. The molecule has 2 amide bonds. The molecule has 1 aliphatic heterocycles. The lowest BCUT2D eigenvalue weighted by molar-refractivity contribution is -0.122. The molecule has 240 valence electrons. The molecule has 2 saturated carbocycles. The van der Waals surface area contributed by atoms with Gasteiger partial charge in [-0.1, -0.05) is 30.3 Å². The molecule has 0 spiro atoms. The van der Waals surface area contributed by atoms with Crippen LogP contribution in [0.15, 0.2) is 54.6 Å². The van der Waals surface area contributed by atoms with Crippen LogP contribution in [0.1, 0.15) is 76.9 Å². The maximum atomic E-state index is 15.5. The third-order valence-electron chi connectivity index (χ3n) is 9.15. The first kappa shape index (κ1) is 30.3. The molecule has 3 atom stereocenters. The Hall–Kier alpha value is -4.37. The van der Waals surface area contributed by atoms with Gasteiger partial charge in [-0.15, -0.1) is 0 Å². The van der Waals surface area contributed by atoms with Gasteiger partial charge in [0.15, 0.2) is 5.65 Å². The van der Waals surface area contributed by atoms with Crippen molar-refractivity contribution in [3.8, 4) is 11.3 Å². The highest BCUT2D eigenvalue weighted by atomic mass is 32.2. The minimum atomic E-state index is -5.94. The molecule has 3 heterocycles. The van der Waals surface area contributed by atoms with Gasteiger partial charge in [0.1, 0.15) is 17.1 Å². The zero-order chi connectivity index (χ0) is 32.8. The zero-order valence-corrected chi connectivity index (χ0v) is 25.2. The molecule has 10 nitrogen and oxygen atoms in total. The van der Waals surface area contributed by atoms with E-state index in [0.717, 1.165) is 41.3 Å². The van der Waals surface area contributed by atoms with Crippen molar-refractivity contribution in [2.75, 3.05) is 6.54 Å². The molecular formula is C31H28F4N6O4S. The second-order valence-corrected chi connectivity index (χ2v) is 13.9. The van der Waals surface area contributed by atoms with Crippen molar-refractivity contribution in [2.24, 2.45) is 5.73 Å². The Balaban J connectivity index is 1.16. The molecular weight excluding hydrogens is 628 g/mol. The third-order valence-corrected chi connectivity index (χ3v) is 10.2. The molecule has 0 saturated heterocycles. The van der Waals surface area contributed by atoms with Crippen molar-refractivity contribution in [1.29, 1.82) is 0 Å². The molecule has 0 unspecified atom stereocenters. The molecule has 3 N–H and O–H groups in total. The number of fused-ring (bicyclic) bond motifs is 2. The Morgan fingerprint density at radius 3 is 2.52 bits per heavy atom. The normalized spacial score (nSPS) is 22.9. The van der Waals surface area contributed by atoms with Crippen LogP contribution in [0.5, 0.6) is 0 Å². The van der Waals surface area contributed by atoms with Crippen molar-refractivity contribution in [2.45, 2.75) is 61.5 Å². The van der Waals surface area contributed by atoms with Gasteiger partial charge in [-0.05, 0) is 67.5 Å². The summed E-state index contributed by atoms with van der Waals surface area (Å²) in [6.45, 7) is 2.54. The van der Waals surface area contributed by atoms with E-state index in [9.17, 15) is 31.2 Å². The van der Waals surface area contributed by atoms with Crippen molar-refractivity contribution in [1.82, 2.24) is 24.2 Å². The Morgan fingerprint density at radius 1 is 1.09 bits per heavy atom. The number of aromatic nitrogens is 3. The molecule has 0 radical (unpaired) electrons. The largest absolute Gasteiger partial charge is 0.516 e. The first-order chi connectivity index (χ1) is 21.7. The van der Waals surface area contributed by atoms with E-state index in [1.807, 2.05) is 30.0 Å². The number of nitrogens with one attached hydrogen (secondary N) is 1. The van der Waals surface area contributed by atoms with E-state index in [1.54, 1.807) is 16.6 Å². The van der Waals surface area contributed by atoms with Crippen LogP contribution in [0.25, 0.3) is 16.9 Å². The summed E-state index contributed by atoms with van der Waals surface area (Å²) >= 11 is 0. The third kappa shape index (κ3) is 5.01. The minimum Gasteiger partial charge on any atom is -0.330 e. The number of hydrogen-bond acceptors (Lipinski definition) is 7. The van der Waals surface area contributed by atoms with E-state index in [-0.39, 0.29) is 46.8 Å². The molecule has 3 aliphatic rings. The smallest absolute Gasteiger partial charge is 0.330 e. The maximum Gasteiger partial charge on any atom is 0.516 e. The number of rotatable bonds is 6. The molecule has 7 rings (SSSR count). The minimum absolute atomic E-state index is 0.0949. The van der Waals surface area contributed by atoms with Gasteiger partial charge in [-0.25, -0.2) is 18.6 Å². The Kier molecular flexibility index (Phi) is 6.80. The highest BCUT2D eigenvalue weighted by Gasteiger charge is 2.60. The summed E-state index contributed by atoms with van der Waals surface area (Å²) in [5.41, 5.74) is 2.60. The predicted octanol–water partition coefficient (Wildman–Crippen LogP) is 4.32. The number of benzene rings is 2. The number of halogens is 4. The second kappa shape index (κ2) is 10.3. The van der Waals surface area contributed by atoms with E-state index in [4.69, 9.17) is 5.73 Å². The summed E-state index contributed by atoms with van der Waals surface area (Å²) in [5, 5.41) is 4.60. The first-order valence-electron chi connectivity index (χ1n) is 14.7. The zero-order valence-electron chi connectivity index (χ0n) is 24.4. The molecule has 2 fully saturated rings. The number of amides is 2. The van der Waals surface area contributed by atoms with E-state index < -0.39 is 38.7 Å². The van der Waals surface area contributed by atoms with E-state index in [0.29, 0.717) is 12.2 Å². The molecule has 4 aromatic rings. The Bertz CT molecular complexity index is 2040. The number of nitrogens with two attached hydrogens (primary N) is 1. The molecule has 2 aromatic heterocycles. The summed E-state index contributed by atoms with van der Waals surface area (Å²) in [7, 11) is -5.94. The SMILES string of the molecule is C[C@@H]1c2ccccc2CCN1C(=O)c1cc(C2CC2)n2nc(-c3ccc([C@@H]4C[C@@]4(N)C(=O)NS(=O)(=O)C(F)(F)F)cc3F)cc2n1. The van der Waals surface area contributed by atoms with E-state index in [2.05, 4.69) is 16.1 Å². The summed E-state index contributed by atoms with van der Waals surface area (Å²) in [6.07, 6.45) is 2.39. The highest BCUT2D eigenvalue weighted by Crippen LogP contribution is 2.50. The van der Waals surface area contributed by atoms with Crippen molar-refractivity contribution >= 4 is 27.5 Å². The van der Waals surface area contributed by atoms with Crippen molar-refractivity contribution in [3.05, 3.63) is 88.5 Å². The van der Waals surface area contributed by atoms with Crippen LogP contribution in [0.2, 0.25) is 0 Å². The number of carbonyl (C=O) groups excluding carboxylic acids is 2. The summed E-state index contributed by atoms with van der Waals surface area (Å²) in [4.78, 5) is 32.5. The van der Waals surface area contributed by atoms with Gasteiger partial charge in [0.2, 0.25) is 0 Å². The van der Waals surface area contributed by atoms with Crippen LogP contribution in [0.3, 0.4) is 0 Å². The molecule has 2 aromatic carbocycles. The van der Waals surface area contributed by atoms with Gasteiger partial charge in [0.25, 0.3) is 11.8 Å². The predicted molar refractivity (Wildman–Crippen MR) is 157 cm³/mol. The number of carbonyl (C=O) groups is 2. The lowest BCUT2D eigenvalue weighted by atomic mass is 9.93. The fraction of sp³-hybridized carbons (Fsp3) is 0.355. The van der Waals surface area contributed by atoms with E-state index >= 15 is 4.39 Å². The number of nitrogens with zero attached hydrogens (tertiary/aromatic N) is 4. The van der Waals surface area contributed by atoms with Gasteiger partial charge in [-0.2, -0.15) is 26.7 Å². The summed E-state index contributed by atoms with van der Waals surface area (Å²) in [5.74, 6) is -3.18. The lowest BCUT2D eigenvalue weighted by Gasteiger charge is -2.35. The van der Waals surface area contributed by atoms with Crippen LogP contribution < -0.4 is 10.5 Å². The molecule has 0 bridgehead atoms. The average molecular weight is 657 g/mol. The fourth-order valence-electron chi connectivity index (χ4n) is 6.28. The van der Waals surface area contributed by atoms with Crippen LogP contribution in [-0.4, -0.2) is 57.3 Å². The van der Waals surface area contributed by atoms with Crippen LogP contribution >= 0.6 is 0 Å². The van der Waals surface area contributed by atoms with Crippen molar-refractivity contribution < 1.29 is 35.6 Å². The van der Waals surface area contributed by atoms with Crippen LogP contribution in [-0.2, 0) is 21.2 Å². The van der Waals surface area contributed by atoms with Gasteiger partial charge in [0.05, 0.1) is 11.7 Å². The molecule has 46 heavy (non-hydrogen) atoms. The maximum absolute atomic E-state index is 15.5. The monoisotopic (exact) mass is 656 g/mol. The average Bonchev–Trinajstić information content (AvgIpc) is 3.92. The number of sulfonamides is 1. The van der Waals surface area contributed by atoms with Crippen LogP contribution in [0, 0.1) is 5.82 Å². The van der Waals surface area contributed by atoms with Gasteiger partial charge in [0, 0.05) is 35.7 Å². The highest BCUT2D eigenvalue weighted by molar-refractivity contribution is 7.90. The quantitative estimate of drug-likeness (QED) is 0.295. The topological polar surface area (TPSA) is 140 Å². The first-order valence-corrected chi connectivity index (χ1v) is 16.2. The molecule has 15 heteroatoms. The standard InChI is InChI=1S/C31H28F4N6O4S/c1-16-20-5-3-2-4-17(20)10-11-40(16)28(42)25-13-26(18-6-7-18)41-27(37-25)14-24(38-41)21-9-8-19(12-23(21)32)22-15-30(22,36)29(43)39-46(44,45)31(33,34)35/h2-5,8-9,12-14,16,18,22H,6-7,10-11,15,36H2,1H3,(H,39,43)/t16-,22+,30+/m1/s1. The van der Waals surface area contributed by atoms with Gasteiger partial charge >= 0.3 is 15.5 Å². The van der Waals surface area contributed by atoms with Gasteiger partial charge < -0.3 is 10.6 Å². The van der Waals surface area contributed by atoms with Crippen molar-refractivity contribution in [3.63, 3.8) is 0 Å². The number of hydrogen-bond donors (Lipinski definition) is 2. The Morgan fingerprint density at radius 2 is 1.83 bits per heavy atom. The number of alkyl halides is 3. The van der Waals surface area contributed by atoms with E-state index in [1.165, 1.54) is 17.7 Å². The van der Waals surface area contributed by atoms with Crippen LogP contribution in [0.4, 0.5) is 17.6 Å². The van der Waals surface area contributed by atoms with Gasteiger partial charge in [-0.3, -0.25) is 9.59 Å². The Labute approximate surface area is 260 Å². The second-order valence-electron chi connectivity index (χ2n) is 12.2. The fourth-order valence-corrected chi connectivity index (χ4v) is 6.83. The molecule has 2 aliphatic carbocycles. The summed E-state index contributed by atoms with van der Waals surface area (Å²) < 4.78 is 79.0.